The summed E-state index contributed by atoms with van der Waals surface area (Å²) in [5, 5.41) is 2.86. The van der Waals surface area contributed by atoms with Gasteiger partial charge in [0.15, 0.2) is 11.2 Å². The highest BCUT2D eigenvalue weighted by atomic mass is 16.6. The van der Waals surface area contributed by atoms with E-state index in [0.29, 0.717) is 167 Å². The lowest BCUT2D eigenvalue weighted by Gasteiger charge is -2.25. The topological polar surface area (TPSA) is 174 Å². The largest absolute Gasteiger partial charge is 0.382 e. The molecule has 2 aromatic heterocycles. The van der Waals surface area contributed by atoms with Gasteiger partial charge in [-0.15, -0.1) is 0 Å². The Morgan fingerprint density at radius 2 is 1.04 bits per heavy atom. The summed E-state index contributed by atoms with van der Waals surface area (Å²) < 4.78 is 54.2. The smallest absolute Gasteiger partial charge is 0.332 e. The highest BCUT2D eigenvalue weighted by Gasteiger charge is 2.26. The SMILES string of the molecule is COCCOCCOCCOCCOCCOCCOCCOCCOCCNC(=O)/C=C/c1ccc(-c2nc3c(c(=O)n(CC4CCCCC4)c(=O)n3CC3CCCCC3)n2Cc2ccccc2)cc1. The molecule has 1 N–H and O–H groups in total. The van der Waals surface area contributed by atoms with Gasteiger partial charge < -0.3 is 52.5 Å². The highest BCUT2D eigenvalue weighted by Crippen LogP contribution is 2.29. The molecule has 17 heteroatoms. The van der Waals surface area contributed by atoms with Crippen LogP contribution in [0.4, 0.5) is 0 Å². The van der Waals surface area contributed by atoms with Gasteiger partial charge in [0, 0.05) is 44.9 Å². The molecule has 1 amide bonds. The van der Waals surface area contributed by atoms with Gasteiger partial charge in [-0.2, -0.15) is 0 Å². The van der Waals surface area contributed by atoms with Crippen molar-refractivity contribution in [1.29, 1.82) is 0 Å². The average molecular weight is 990 g/mol. The normalized spacial score (nSPS) is 14.8. The van der Waals surface area contributed by atoms with E-state index in [1.54, 1.807) is 13.2 Å². The first kappa shape index (κ1) is 55.7. The molecule has 0 atom stereocenters. The van der Waals surface area contributed by atoms with Gasteiger partial charge in [0.05, 0.1) is 112 Å². The van der Waals surface area contributed by atoms with Crippen molar-refractivity contribution < 1.29 is 47.4 Å². The molecule has 17 nitrogen and oxygen atoms in total. The van der Waals surface area contributed by atoms with Gasteiger partial charge in [-0.05, 0) is 54.7 Å². The molecule has 0 radical (unpaired) electrons. The molecule has 0 aliphatic heterocycles. The van der Waals surface area contributed by atoms with E-state index in [9.17, 15) is 14.4 Å². The first-order valence-corrected chi connectivity index (χ1v) is 26.0. The summed E-state index contributed by atoms with van der Waals surface area (Å²) in [7, 11) is 1.64. The standard InChI is InChI=1S/C54H79N5O12/c1-63-25-26-65-29-30-67-33-34-69-37-38-71-40-39-70-36-35-68-32-31-66-28-27-64-24-23-55-49(60)22-19-44-17-20-48(21-18-44)51-56-52-50(57(51)41-45-11-5-2-6-12-45)53(61)59(43-47-15-9-4-10-16-47)54(62)58(52)42-46-13-7-3-8-14-46/h2,5-6,11-12,17-22,46-47H,3-4,7-10,13-16,23-43H2,1H3,(H,55,60)/b22-19+. The van der Waals surface area contributed by atoms with Crippen molar-refractivity contribution in [3.05, 3.63) is 92.6 Å². The van der Waals surface area contributed by atoms with E-state index in [1.807, 2.05) is 51.6 Å². The lowest BCUT2D eigenvalue weighted by atomic mass is 9.89. The van der Waals surface area contributed by atoms with E-state index in [0.717, 1.165) is 68.1 Å². The van der Waals surface area contributed by atoms with Gasteiger partial charge in [-0.3, -0.25) is 18.7 Å². The van der Waals surface area contributed by atoms with Gasteiger partial charge in [0.2, 0.25) is 5.91 Å². The second-order valence-electron chi connectivity index (χ2n) is 18.1. The number of carbonyl (C=O) groups excluding carboxylic acids is 1. The van der Waals surface area contributed by atoms with E-state index in [1.165, 1.54) is 23.5 Å². The van der Waals surface area contributed by atoms with Crippen LogP contribution in [0.15, 0.2) is 70.3 Å². The van der Waals surface area contributed by atoms with Crippen molar-refractivity contribution in [2.75, 3.05) is 126 Å². The Kier molecular flexibility index (Phi) is 26.1. The molecule has 2 aliphatic rings. The van der Waals surface area contributed by atoms with E-state index in [4.69, 9.17) is 47.6 Å². The van der Waals surface area contributed by atoms with E-state index >= 15 is 0 Å². The molecule has 6 rings (SSSR count). The van der Waals surface area contributed by atoms with Crippen molar-refractivity contribution >= 4 is 23.1 Å². The maximum absolute atomic E-state index is 14.6. The number of imidazole rings is 1. The van der Waals surface area contributed by atoms with Gasteiger partial charge in [0.1, 0.15) is 5.82 Å². The number of hydrogen-bond donors (Lipinski definition) is 1. The molecule has 0 bridgehead atoms. The third kappa shape index (κ3) is 19.8. The van der Waals surface area contributed by atoms with Crippen molar-refractivity contribution in [2.45, 2.75) is 83.8 Å². The molecule has 2 saturated carbocycles. The molecule has 2 aromatic carbocycles. The number of benzene rings is 2. The molecule has 0 unspecified atom stereocenters. The van der Waals surface area contributed by atoms with Crippen LogP contribution in [0.2, 0.25) is 0 Å². The van der Waals surface area contributed by atoms with Crippen molar-refractivity contribution in [3.63, 3.8) is 0 Å². The summed E-state index contributed by atoms with van der Waals surface area (Å²) in [6.45, 7) is 10.0. The second-order valence-corrected chi connectivity index (χ2v) is 18.1. The fourth-order valence-electron chi connectivity index (χ4n) is 9.02. The molecule has 0 saturated heterocycles. The summed E-state index contributed by atoms with van der Waals surface area (Å²) in [6.07, 6.45) is 14.5. The number of rotatable bonds is 36. The number of hydrogen-bond acceptors (Lipinski definition) is 13. The van der Waals surface area contributed by atoms with Gasteiger partial charge in [0.25, 0.3) is 5.56 Å². The van der Waals surface area contributed by atoms with E-state index in [2.05, 4.69) is 17.4 Å². The van der Waals surface area contributed by atoms with Crippen molar-refractivity contribution in [2.24, 2.45) is 11.8 Å². The molecule has 4 aromatic rings. The van der Waals surface area contributed by atoms with Crippen LogP contribution in [-0.4, -0.2) is 151 Å². The Morgan fingerprint density at radius 1 is 0.577 bits per heavy atom. The number of nitrogens with one attached hydrogen (secondary N) is 1. The monoisotopic (exact) mass is 990 g/mol. The van der Waals surface area contributed by atoms with Crippen molar-refractivity contribution in [3.8, 4) is 11.4 Å². The predicted molar refractivity (Wildman–Crippen MR) is 273 cm³/mol. The zero-order chi connectivity index (χ0) is 49.6. The number of ether oxygens (including phenoxy) is 9. The lowest BCUT2D eigenvalue weighted by molar-refractivity contribution is -0.116. The fraction of sp³-hybridized carbons (Fsp3) is 0.630. The predicted octanol–water partition coefficient (Wildman–Crippen LogP) is 6.14. The third-order valence-corrected chi connectivity index (χ3v) is 12.8. The zero-order valence-electron chi connectivity index (χ0n) is 42.1. The lowest BCUT2D eigenvalue weighted by Crippen LogP contribution is -2.43. The molecule has 0 spiro atoms. The van der Waals surface area contributed by atoms with Crippen LogP contribution in [0.5, 0.6) is 0 Å². The summed E-state index contributed by atoms with van der Waals surface area (Å²) in [5.41, 5.74) is 3.12. The third-order valence-electron chi connectivity index (χ3n) is 12.8. The second kappa shape index (κ2) is 33.2. The summed E-state index contributed by atoms with van der Waals surface area (Å²) in [4.78, 5) is 46.8. The molecule has 2 aliphatic carbocycles. The van der Waals surface area contributed by atoms with Crippen molar-refractivity contribution in [1.82, 2.24) is 24.0 Å². The van der Waals surface area contributed by atoms with E-state index < -0.39 is 0 Å². The number of fused-ring (bicyclic) bond motifs is 1. The zero-order valence-corrected chi connectivity index (χ0v) is 42.1. The molecular formula is C54H79N5O12. The summed E-state index contributed by atoms with van der Waals surface area (Å²) >= 11 is 0. The quantitative estimate of drug-likeness (QED) is 0.0407. The van der Waals surface area contributed by atoms with Gasteiger partial charge in [-0.25, -0.2) is 9.78 Å². The Bertz CT molecular complexity index is 2230. The highest BCUT2D eigenvalue weighted by molar-refractivity contribution is 5.91. The number of methoxy groups -OCH3 is 1. The summed E-state index contributed by atoms with van der Waals surface area (Å²) in [5.74, 6) is 1.09. The first-order chi connectivity index (χ1) is 35.0. The van der Waals surface area contributed by atoms with Gasteiger partial charge >= 0.3 is 5.69 Å². The average Bonchev–Trinajstić information content (AvgIpc) is 3.77. The van der Waals surface area contributed by atoms with Crippen LogP contribution in [0.25, 0.3) is 28.6 Å². The first-order valence-electron chi connectivity index (χ1n) is 26.0. The minimum atomic E-state index is -0.262. The number of aromatic nitrogens is 4. The van der Waals surface area contributed by atoms with Crippen LogP contribution in [0, 0.1) is 11.8 Å². The number of nitrogens with zero attached hydrogens (tertiary/aromatic N) is 4. The van der Waals surface area contributed by atoms with Crippen LogP contribution >= 0.6 is 0 Å². The van der Waals surface area contributed by atoms with Crippen LogP contribution in [0.1, 0.15) is 75.3 Å². The minimum absolute atomic E-state index is 0.230. The summed E-state index contributed by atoms with van der Waals surface area (Å²) in [6, 6.07) is 17.9. The van der Waals surface area contributed by atoms with Crippen LogP contribution < -0.4 is 16.6 Å². The number of amides is 1. The maximum Gasteiger partial charge on any atom is 0.332 e. The van der Waals surface area contributed by atoms with E-state index in [-0.39, 0.29) is 17.2 Å². The minimum Gasteiger partial charge on any atom is -0.382 e. The molecule has 392 valence electrons. The molecular weight excluding hydrogens is 911 g/mol. The van der Waals surface area contributed by atoms with Crippen LogP contribution in [0.3, 0.4) is 0 Å². The van der Waals surface area contributed by atoms with Gasteiger partial charge in [-0.1, -0.05) is 93.1 Å². The molecule has 71 heavy (non-hydrogen) atoms. The van der Waals surface area contributed by atoms with Crippen LogP contribution in [-0.2, 0) is 67.1 Å². The fourth-order valence-corrected chi connectivity index (χ4v) is 9.02. The Morgan fingerprint density at radius 3 is 1.54 bits per heavy atom. The molecule has 2 heterocycles. The number of carbonyl (C=O) groups is 1. The Labute approximate surface area is 419 Å². The Hall–Kier alpha value is -4.56. The maximum atomic E-state index is 14.6. The molecule has 2 fully saturated rings. The Balaban J connectivity index is 0.879.